The van der Waals surface area contributed by atoms with Crippen molar-refractivity contribution < 1.29 is 0 Å². The molecule has 2 aliphatic rings. The Bertz CT molecular complexity index is 750. The Balaban J connectivity index is 1.93. The van der Waals surface area contributed by atoms with Crippen LogP contribution in [0.1, 0.15) is 29.5 Å². The molecule has 0 N–H and O–H groups in total. The number of likely N-dealkylation sites (tertiary alicyclic amines) is 1. The van der Waals surface area contributed by atoms with Crippen molar-refractivity contribution in [2.24, 2.45) is 0 Å². The Labute approximate surface area is 137 Å². The molecule has 1 saturated heterocycles. The Kier molecular flexibility index (Phi) is 3.59. The average molecular weight is 307 g/mol. The van der Waals surface area contributed by atoms with Gasteiger partial charge in [-0.2, -0.15) is 0 Å². The van der Waals surface area contributed by atoms with Crippen molar-refractivity contribution in [2.75, 3.05) is 20.1 Å². The van der Waals surface area contributed by atoms with Crippen molar-refractivity contribution in [1.82, 2.24) is 4.90 Å². The molecule has 0 bridgehead atoms. The molecule has 2 aromatic rings. The summed E-state index contributed by atoms with van der Waals surface area (Å²) in [4.78, 5) is 5.25. The standard InChI is InChI=1S/C20H21NS/c1-14-7-8-19-17(13-14)20(15-9-11-21(2)12-10-15)16-5-3-4-6-18(16)22-19/h3-8,13H,9-12H2,1-2H3. The molecule has 4 rings (SSSR count). The number of piperidine rings is 1. The molecule has 0 atom stereocenters. The molecule has 1 fully saturated rings. The lowest BCUT2D eigenvalue weighted by Crippen LogP contribution is -2.27. The minimum absolute atomic E-state index is 1.18. The van der Waals surface area contributed by atoms with Gasteiger partial charge in [-0.05, 0) is 55.6 Å². The molecule has 2 aliphatic heterocycles. The summed E-state index contributed by atoms with van der Waals surface area (Å²) in [7, 11) is 2.23. The molecule has 0 unspecified atom stereocenters. The molecule has 0 aromatic heterocycles. The number of hydrogen-bond acceptors (Lipinski definition) is 2. The van der Waals surface area contributed by atoms with Crippen LogP contribution >= 0.6 is 11.8 Å². The highest BCUT2D eigenvalue weighted by atomic mass is 32.2. The van der Waals surface area contributed by atoms with Gasteiger partial charge in [-0.3, -0.25) is 0 Å². The highest BCUT2D eigenvalue weighted by molar-refractivity contribution is 7.99. The monoisotopic (exact) mass is 307 g/mol. The summed E-state index contributed by atoms with van der Waals surface area (Å²) in [5.41, 5.74) is 7.39. The Hall–Kier alpha value is -1.51. The minimum atomic E-state index is 1.18. The normalized spacial score (nSPS) is 18.1. The highest BCUT2D eigenvalue weighted by Gasteiger charge is 2.25. The first-order valence-electron chi connectivity index (χ1n) is 8.01. The molecule has 2 heterocycles. The number of fused-ring (bicyclic) bond motifs is 2. The van der Waals surface area contributed by atoms with Crippen molar-refractivity contribution in [3.8, 4) is 0 Å². The summed E-state index contributed by atoms with van der Waals surface area (Å²) in [6.07, 6.45) is 2.39. The maximum Gasteiger partial charge on any atom is 0.0201 e. The van der Waals surface area contributed by atoms with Gasteiger partial charge in [-0.1, -0.05) is 53.2 Å². The predicted molar refractivity (Wildman–Crippen MR) is 94.5 cm³/mol. The molecular formula is C20H21NS. The topological polar surface area (TPSA) is 3.24 Å². The van der Waals surface area contributed by atoms with Crippen LogP contribution in [0.4, 0.5) is 0 Å². The third-order valence-corrected chi connectivity index (χ3v) is 5.88. The summed E-state index contributed by atoms with van der Waals surface area (Å²) in [5, 5.41) is 0. The van der Waals surface area contributed by atoms with E-state index in [4.69, 9.17) is 0 Å². The van der Waals surface area contributed by atoms with Gasteiger partial charge in [0.15, 0.2) is 0 Å². The summed E-state index contributed by atoms with van der Waals surface area (Å²) < 4.78 is 0. The van der Waals surface area contributed by atoms with Crippen LogP contribution in [-0.2, 0) is 0 Å². The van der Waals surface area contributed by atoms with Gasteiger partial charge < -0.3 is 4.90 Å². The van der Waals surface area contributed by atoms with Crippen LogP contribution in [0.5, 0.6) is 0 Å². The van der Waals surface area contributed by atoms with Crippen LogP contribution < -0.4 is 0 Å². The summed E-state index contributed by atoms with van der Waals surface area (Å²) in [6, 6.07) is 15.8. The zero-order chi connectivity index (χ0) is 15.1. The molecule has 2 heteroatoms. The van der Waals surface area contributed by atoms with Gasteiger partial charge in [0.25, 0.3) is 0 Å². The second-order valence-corrected chi connectivity index (χ2v) is 7.46. The minimum Gasteiger partial charge on any atom is -0.306 e. The van der Waals surface area contributed by atoms with Crippen molar-refractivity contribution >= 4 is 17.3 Å². The van der Waals surface area contributed by atoms with Crippen LogP contribution in [0.2, 0.25) is 0 Å². The number of rotatable bonds is 0. The fourth-order valence-electron chi connectivity index (χ4n) is 3.47. The van der Waals surface area contributed by atoms with E-state index in [9.17, 15) is 0 Å². The van der Waals surface area contributed by atoms with E-state index in [1.807, 2.05) is 11.8 Å². The fraction of sp³-hybridized carbons (Fsp3) is 0.300. The third-order valence-electron chi connectivity index (χ3n) is 4.72. The molecule has 22 heavy (non-hydrogen) atoms. The Morgan fingerprint density at radius 2 is 1.64 bits per heavy atom. The first-order chi connectivity index (χ1) is 10.7. The van der Waals surface area contributed by atoms with E-state index in [1.54, 1.807) is 5.57 Å². The number of benzene rings is 2. The summed E-state index contributed by atoms with van der Waals surface area (Å²) >= 11 is 1.91. The van der Waals surface area contributed by atoms with Gasteiger partial charge in [0.2, 0.25) is 0 Å². The van der Waals surface area contributed by atoms with E-state index in [0.29, 0.717) is 0 Å². The molecule has 112 valence electrons. The van der Waals surface area contributed by atoms with Gasteiger partial charge in [0.05, 0.1) is 0 Å². The van der Waals surface area contributed by atoms with Gasteiger partial charge in [0, 0.05) is 22.9 Å². The maximum atomic E-state index is 2.44. The average Bonchev–Trinajstić information content (AvgIpc) is 2.54. The van der Waals surface area contributed by atoms with E-state index in [2.05, 4.69) is 61.3 Å². The summed E-state index contributed by atoms with van der Waals surface area (Å²) in [6.45, 7) is 4.55. The van der Waals surface area contributed by atoms with Crippen molar-refractivity contribution in [2.45, 2.75) is 29.6 Å². The number of aryl methyl sites for hydroxylation is 1. The Morgan fingerprint density at radius 3 is 2.45 bits per heavy atom. The fourth-order valence-corrected chi connectivity index (χ4v) is 4.54. The second-order valence-electron chi connectivity index (χ2n) is 6.38. The SMILES string of the molecule is Cc1ccc2c(c1)C(=C1CCN(C)CC1)c1ccccc1S2. The van der Waals surface area contributed by atoms with E-state index in [-0.39, 0.29) is 0 Å². The van der Waals surface area contributed by atoms with Crippen molar-refractivity contribution in [1.29, 1.82) is 0 Å². The first-order valence-corrected chi connectivity index (χ1v) is 8.83. The van der Waals surface area contributed by atoms with Crippen LogP contribution in [0, 0.1) is 6.92 Å². The Morgan fingerprint density at radius 1 is 0.909 bits per heavy atom. The van der Waals surface area contributed by atoms with Crippen LogP contribution in [0.25, 0.3) is 5.57 Å². The van der Waals surface area contributed by atoms with E-state index in [0.717, 1.165) is 0 Å². The smallest absolute Gasteiger partial charge is 0.0201 e. The number of hydrogen-bond donors (Lipinski definition) is 0. The predicted octanol–water partition coefficient (Wildman–Crippen LogP) is 4.99. The lowest BCUT2D eigenvalue weighted by atomic mass is 9.87. The molecule has 0 aliphatic carbocycles. The molecule has 0 amide bonds. The van der Waals surface area contributed by atoms with E-state index < -0.39 is 0 Å². The molecular weight excluding hydrogens is 286 g/mol. The van der Waals surface area contributed by atoms with Crippen LogP contribution in [0.3, 0.4) is 0 Å². The number of nitrogens with zero attached hydrogens (tertiary/aromatic N) is 1. The zero-order valence-electron chi connectivity index (χ0n) is 13.2. The van der Waals surface area contributed by atoms with Gasteiger partial charge in [-0.15, -0.1) is 0 Å². The first kappa shape index (κ1) is 14.1. The van der Waals surface area contributed by atoms with Gasteiger partial charge in [0.1, 0.15) is 0 Å². The molecule has 1 nitrogen and oxygen atoms in total. The van der Waals surface area contributed by atoms with Gasteiger partial charge in [-0.25, -0.2) is 0 Å². The third kappa shape index (κ3) is 2.41. The lowest BCUT2D eigenvalue weighted by molar-refractivity contribution is 0.313. The molecule has 0 radical (unpaired) electrons. The van der Waals surface area contributed by atoms with Crippen LogP contribution in [-0.4, -0.2) is 25.0 Å². The zero-order valence-corrected chi connectivity index (χ0v) is 14.0. The maximum absolute atomic E-state index is 2.44. The molecule has 0 saturated carbocycles. The molecule has 2 aromatic carbocycles. The van der Waals surface area contributed by atoms with E-state index in [1.165, 1.54) is 58.0 Å². The van der Waals surface area contributed by atoms with E-state index >= 15 is 0 Å². The van der Waals surface area contributed by atoms with Gasteiger partial charge >= 0.3 is 0 Å². The highest BCUT2D eigenvalue weighted by Crippen LogP contribution is 2.47. The van der Waals surface area contributed by atoms with Crippen molar-refractivity contribution in [3.63, 3.8) is 0 Å². The largest absolute Gasteiger partial charge is 0.306 e. The lowest BCUT2D eigenvalue weighted by Gasteiger charge is -2.30. The summed E-state index contributed by atoms with van der Waals surface area (Å²) in [5.74, 6) is 0. The molecule has 0 spiro atoms. The second kappa shape index (κ2) is 5.60. The van der Waals surface area contributed by atoms with Crippen LogP contribution in [0.15, 0.2) is 57.8 Å². The quantitative estimate of drug-likeness (QED) is 0.576. The van der Waals surface area contributed by atoms with Crippen molar-refractivity contribution in [3.05, 3.63) is 64.7 Å².